The first-order valence-corrected chi connectivity index (χ1v) is 11.5. The van der Waals surface area contributed by atoms with Gasteiger partial charge in [0.25, 0.3) is 0 Å². The molecule has 0 saturated carbocycles. The van der Waals surface area contributed by atoms with E-state index in [0.29, 0.717) is 0 Å². The number of benzene rings is 1. The van der Waals surface area contributed by atoms with Crippen molar-refractivity contribution in [2.45, 2.75) is 46.0 Å². The normalized spacial score (nSPS) is 11.7. The Kier molecular flexibility index (Phi) is 12.2. The minimum absolute atomic E-state index is 0.153. The van der Waals surface area contributed by atoms with Crippen LogP contribution < -0.4 is 0 Å². The molecule has 1 atom stereocenters. The molecule has 216 valence electrons. The minimum Gasteiger partial charge on any atom is -0.478 e. The van der Waals surface area contributed by atoms with E-state index in [-0.39, 0.29) is 24.4 Å². The van der Waals surface area contributed by atoms with Crippen LogP contribution in [0.3, 0.4) is 0 Å². The van der Waals surface area contributed by atoms with E-state index in [1.54, 1.807) is 0 Å². The first-order valence-electron chi connectivity index (χ1n) is 11.5. The third-order valence-electron chi connectivity index (χ3n) is 4.72. The number of carboxylic acid groups (broad SMARTS) is 2. The van der Waals surface area contributed by atoms with Crippen molar-refractivity contribution in [2.24, 2.45) is 0 Å². The molecule has 0 aliphatic rings. The van der Waals surface area contributed by atoms with Crippen LogP contribution in [-0.4, -0.2) is 71.2 Å². The van der Waals surface area contributed by atoms with Crippen LogP contribution in [-0.2, 0) is 42.9 Å². The molecule has 0 bridgehead atoms. The first-order chi connectivity index (χ1) is 18.6. The highest BCUT2D eigenvalue weighted by atomic mass is 16.9. The molecule has 1 aromatic rings. The monoisotopic (exact) mass is 564 g/mol. The number of aromatic carboxylic acids is 2. The van der Waals surface area contributed by atoms with Crippen LogP contribution in [0, 0.1) is 0 Å². The van der Waals surface area contributed by atoms with E-state index in [1.165, 1.54) is 20.8 Å². The Morgan fingerprint density at radius 2 is 1.30 bits per heavy atom. The van der Waals surface area contributed by atoms with Crippen molar-refractivity contribution in [3.8, 4) is 0 Å². The van der Waals surface area contributed by atoms with Crippen molar-refractivity contribution in [1.82, 2.24) is 0 Å². The molecule has 14 nitrogen and oxygen atoms in total. The summed E-state index contributed by atoms with van der Waals surface area (Å²) in [6.45, 7) is 10.3. The van der Waals surface area contributed by atoms with Crippen LogP contribution in [0.15, 0.2) is 42.5 Å². The molecule has 0 radical (unpaired) electrons. The van der Waals surface area contributed by atoms with E-state index >= 15 is 0 Å². The predicted molar refractivity (Wildman–Crippen MR) is 132 cm³/mol. The zero-order chi connectivity index (χ0) is 30.6. The Labute approximate surface area is 228 Å². The summed E-state index contributed by atoms with van der Waals surface area (Å²) in [5.41, 5.74) is -1.79. The average molecular weight is 564 g/mol. The summed E-state index contributed by atoms with van der Waals surface area (Å²) in [4.78, 5) is 83.4. The van der Waals surface area contributed by atoms with Crippen molar-refractivity contribution in [3.63, 3.8) is 0 Å². The van der Waals surface area contributed by atoms with E-state index in [1.807, 2.05) is 0 Å². The van der Waals surface area contributed by atoms with Crippen LogP contribution in [0.2, 0.25) is 0 Å². The Hall–Kier alpha value is -5.01. The summed E-state index contributed by atoms with van der Waals surface area (Å²) in [7, 11) is 0. The van der Waals surface area contributed by atoms with Crippen molar-refractivity contribution >= 4 is 41.8 Å². The van der Waals surface area contributed by atoms with Crippen molar-refractivity contribution in [3.05, 3.63) is 59.2 Å². The van der Waals surface area contributed by atoms with Gasteiger partial charge in [0.15, 0.2) is 0 Å². The molecule has 0 amide bonds. The number of esters is 5. The van der Waals surface area contributed by atoms with Crippen LogP contribution in [0.1, 0.15) is 71.1 Å². The molecule has 0 aromatic heterocycles. The van der Waals surface area contributed by atoms with Gasteiger partial charge in [-0.3, -0.25) is 9.59 Å². The molecule has 0 spiro atoms. The van der Waals surface area contributed by atoms with Crippen LogP contribution in [0.5, 0.6) is 0 Å². The Bertz CT molecular complexity index is 1230. The van der Waals surface area contributed by atoms with Crippen LogP contribution in [0.4, 0.5) is 0 Å². The average Bonchev–Trinajstić information content (AvgIpc) is 2.88. The van der Waals surface area contributed by atoms with Crippen molar-refractivity contribution in [1.29, 1.82) is 0 Å². The number of carboxylic acids is 2. The van der Waals surface area contributed by atoms with Gasteiger partial charge in [0.1, 0.15) is 13.2 Å². The number of ether oxygens (including phenoxy) is 5. The Morgan fingerprint density at radius 1 is 0.750 bits per heavy atom. The zero-order valence-corrected chi connectivity index (χ0v) is 22.0. The van der Waals surface area contributed by atoms with Gasteiger partial charge in [-0.05, 0) is 32.0 Å². The Morgan fingerprint density at radius 3 is 1.82 bits per heavy atom. The van der Waals surface area contributed by atoms with Crippen LogP contribution >= 0.6 is 0 Å². The third kappa shape index (κ3) is 10.0. The molecular formula is C26H28O14. The molecule has 1 unspecified atom stereocenters. The lowest BCUT2D eigenvalue weighted by molar-refractivity contribution is -0.321. The van der Waals surface area contributed by atoms with Gasteiger partial charge in [-0.25, -0.2) is 24.0 Å². The standard InChI is InChI=1S/C26H28O14/c1-6-26(39-24(34)15(4)5,38-20(28)10-9-19(27)36-11-12-37-23(33)14(2)3)40-25(35)16-7-8-17(21(29)30)18(13-16)22(31)32/h7-8,13H,2,4,6,9-12H2,1,3,5H3,(H,29,30)(H,31,32). The molecule has 40 heavy (non-hydrogen) atoms. The van der Waals surface area contributed by atoms with Gasteiger partial charge in [-0.1, -0.05) is 20.1 Å². The van der Waals surface area contributed by atoms with Gasteiger partial charge in [0.05, 0.1) is 36.0 Å². The van der Waals surface area contributed by atoms with E-state index in [2.05, 4.69) is 13.2 Å². The summed E-state index contributed by atoms with van der Waals surface area (Å²) in [6.07, 6.45) is -1.56. The largest absolute Gasteiger partial charge is 0.478 e. The molecule has 0 aliphatic carbocycles. The molecule has 0 heterocycles. The lowest BCUT2D eigenvalue weighted by Crippen LogP contribution is -2.44. The number of hydrogen-bond donors (Lipinski definition) is 2. The van der Waals surface area contributed by atoms with Gasteiger partial charge in [-0.2, -0.15) is 0 Å². The van der Waals surface area contributed by atoms with E-state index in [4.69, 9.17) is 28.8 Å². The molecule has 0 fully saturated rings. The van der Waals surface area contributed by atoms with Gasteiger partial charge in [0, 0.05) is 11.1 Å². The molecule has 1 aromatic carbocycles. The SMILES string of the molecule is C=C(C)C(=O)OCCOC(=O)CCC(=O)OC(CC)(OC(=O)C(=C)C)OC(=O)c1ccc(C(=O)O)c(C(=O)O)c1. The summed E-state index contributed by atoms with van der Waals surface area (Å²) < 4.78 is 24.9. The van der Waals surface area contributed by atoms with Crippen molar-refractivity contribution < 1.29 is 67.5 Å². The molecule has 0 aliphatic heterocycles. The fourth-order valence-corrected chi connectivity index (χ4v) is 2.66. The second-order valence-electron chi connectivity index (χ2n) is 8.08. The third-order valence-corrected chi connectivity index (χ3v) is 4.72. The molecule has 1 rings (SSSR count). The maximum atomic E-state index is 12.8. The van der Waals surface area contributed by atoms with Gasteiger partial charge in [0.2, 0.25) is 0 Å². The van der Waals surface area contributed by atoms with E-state index < -0.39 is 83.7 Å². The summed E-state index contributed by atoms with van der Waals surface area (Å²) >= 11 is 0. The summed E-state index contributed by atoms with van der Waals surface area (Å²) in [5, 5.41) is 18.4. The Balaban J connectivity index is 3.01. The fraction of sp³-hybridized carbons (Fsp3) is 0.346. The summed E-state index contributed by atoms with van der Waals surface area (Å²) in [5.74, 6) is -11.0. The topological polar surface area (TPSA) is 206 Å². The molecule has 2 N–H and O–H groups in total. The second kappa shape index (κ2) is 14.8. The highest BCUT2D eigenvalue weighted by molar-refractivity contribution is 6.04. The van der Waals surface area contributed by atoms with Gasteiger partial charge < -0.3 is 33.9 Å². The van der Waals surface area contributed by atoms with Gasteiger partial charge in [-0.15, -0.1) is 0 Å². The predicted octanol–water partition coefficient (Wildman–Crippen LogP) is 2.41. The van der Waals surface area contributed by atoms with Gasteiger partial charge >= 0.3 is 47.8 Å². The van der Waals surface area contributed by atoms with Crippen LogP contribution in [0.25, 0.3) is 0 Å². The number of hydrogen-bond acceptors (Lipinski definition) is 12. The fourth-order valence-electron chi connectivity index (χ4n) is 2.66. The number of carbonyl (C=O) groups is 7. The lowest BCUT2D eigenvalue weighted by Gasteiger charge is -2.30. The van der Waals surface area contributed by atoms with E-state index in [9.17, 15) is 38.7 Å². The summed E-state index contributed by atoms with van der Waals surface area (Å²) in [6, 6.07) is 2.53. The molecule has 14 heteroatoms. The van der Waals surface area contributed by atoms with Crippen molar-refractivity contribution in [2.75, 3.05) is 13.2 Å². The lowest BCUT2D eigenvalue weighted by atomic mass is 10.0. The van der Waals surface area contributed by atoms with E-state index in [0.717, 1.165) is 18.2 Å². The number of rotatable bonds is 15. The minimum atomic E-state index is -2.65. The highest BCUT2D eigenvalue weighted by Crippen LogP contribution is 2.25. The highest BCUT2D eigenvalue weighted by Gasteiger charge is 2.42. The molecular weight excluding hydrogens is 536 g/mol. The first kappa shape index (κ1) is 33.0. The molecule has 0 saturated heterocycles. The maximum absolute atomic E-state index is 12.8. The second-order valence-corrected chi connectivity index (χ2v) is 8.08. The maximum Gasteiger partial charge on any atom is 0.423 e. The smallest absolute Gasteiger partial charge is 0.423 e. The number of carbonyl (C=O) groups excluding carboxylic acids is 5. The zero-order valence-electron chi connectivity index (χ0n) is 22.0. The quantitative estimate of drug-likeness (QED) is 0.103.